The number of rotatable bonds is 4. The quantitative estimate of drug-likeness (QED) is 0.732. The van der Waals surface area contributed by atoms with E-state index < -0.39 is 0 Å². The molecule has 0 heterocycles. The summed E-state index contributed by atoms with van der Waals surface area (Å²) in [5.41, 5.74) is 6.28. The fraction of sp³-hybridized carbons (Fsp3) is 0.400. The molecular formula is C10H14ClNO. The van der Waals surface area contributed by atoms with Crippen LogP contribution in [0, 0.1) is 0 Å². The highest BCUT2D eigenvalue weighted by Crippen LogP contribution is 2.22. The second-order valence-corrected chi connectivity index (χ2v) is 3.46. The van der Waals surface area contributed by atoms with Gasteiger partial charge in [-0.25, -0.2) is 0 Å². The van der Waals surface area contributed by atoms with Crippen molar-refractivity contribution in [3.8, 4) is 5.75 Å². The standard InChI is InChI=1S/C10H14ClNO/c11-9-4-5-10(13)8(7-9)3-1-2-6-12/h4-5,7,13H,1-3,6,12H2. The molecule has 0 fully saturated rings. The lowest BCUT2D eigenvalue weighted by molar-refractivity contribution is 0.466. The van der Waals surface area contributed by atoms with Gasteiger partial charge in [0.1, 0.15) is 5.75 Å². The first-order valence-electron chi connectivity index (χ1n) is 4.41. The van der Waals surface area contributed by atoms with Crippen molar-refractivity contribution in [1.29, 1.82) is 0 Å². The van der Waals surface area contributed by atoms with E-state index in [0.717, 1.165) is 24.8 Å². The van der Waals surface area contributed by atoms with Gasteiger partial charge in [0.05, 0.1) is 0 Å². The van der Waals surface area contributed by atoms with Gasteiger partial charge in [0, 0.05) is 5.02 Å². The minimum atomic E-state index is 0.321. The summed E-state index contributed by atoms with van der Waals surface area (Å²) in [5, 5.41) is 10.1. The summed E-state index contributed by atoms with van der Waals surface area (Å²) >= 11 is 5.79. The molecule has 0 aliphatic heterocycles. The molecule has 1 rings (SSSR count). The van der Waals surface area contributed by atoms with Crippen LogP contribution in [0.4, 0.5) is 0 Å². The summed E-state index contributed by atoms with van der Waals surface area (Å²) in [6.07, 6.45) is 2.81. The summed E-state index contributed by atoms with van der Waals surface area (Å²) in [4.78, 5) is 0. The zero-order valence-corrected chi connectivity index (χ0v) is 8.22. The van der Waals surface area contributed by atoms with E-state index in [0.29, 0.717) is 17.3 Å². The average Bonchev–Trinajstić information content (AvgIpc) is 2.11. The molecule has 0 saturated carbocycles. The van der Waals surface area contributed by atoms with Crippen LogP contribution in [0.2, 0.25) is 5.02 Å². The van der Waals surface area contributed by atoms with Crippen molar-refractivity contribution in [1.82, 2.24) is 0 Å². The largest absolute Gasteiger partial charge is 0.508 e. The van der Waals surface area contributed by atoms with Crippen LogP contribution in [-0.2, 0) is 6.42 Å². The number of halogens is 1. The van der Waals surface area contributed by atoms with Gasteiger partial charge in [-0.15, -0.1) is 0 Å². The Hall–Kier alpha value is -0.730. The molecule has 0 bridgehead atoms. The molecule has 13 heavy (non-hydrogen) atoms. The van der Waals surface area contributed by atoms with E-state index in [9.17, 15) is 5.11 Å². The third-order valence-corrected chi connectivity index (χ3v) is 2.18. The van der Waals surface area contributed by atoms with Crippen molar-refractivity contribution in [2.24, 2.45) is 5.73 Å². The van der Waals surface area contributed by atoms with Gasteiger partial charge < -0.3 is 10.8 Å². The Morgan fingerprint density at radius 2 is 2.08 bits per heavy atom. The molecule has 1 aromatic carbocycles. The molecule has 0 amide bonds. The molecule has 3 N–H and O–H groups in total. The number of unbranched alkanes of at least 4 members (excludes halogenated alkanes) is 1. The number of benzene rings is 1. The van der Waals surface area contributed by atoms with Gasteiger partial charge in [0.15, 0.2) is 0 Å². The van der Waals surface area contributed by atoms with Gasteiger partial charge in [-0.05, 0) is 49.6 Å². The zero-order valence-electron chi connectivity index (χ0n) is 7.46. The number of aryl methyl sites for hydroxylation is 1. The normalized spacial score (nSPS) is 10.3. The Morgan fingerprint density at radius 3 is 2.77 bits per heavy atom. The van der Waals surface area contributed by atoms with E-state index in [-0.39, 0.29) is 0 Å². The summed E-state index contributed by atoms with van der Waals surface area (Å²) in [5.74, 6) is 0.321. The fourth-order valence-electron chi connectivity index (χ4n) is 1.21. The first-order chi connectivity index (χ1) is 6.24. The van der Waals surface area contributed by atoms with Gasteiger partial charge in [-0.3, -0.25) is 0 Å². The average molecular weight is 200 g/mol. The monoisotopic (exact) mass is 199 g/mol. The summed E-state index contributed by atoms with van der Waals surface area (Å²) in [7, 11) is 0. The molecule has 72 valence electrons. The predicted octanol–water partition coefficient (Wildman–Crippen LogP) is 2.33. The molecule has 0 atom stereocenters. The third kappa shape index (κ3) is 3.25. The lowest BCUT2D eigenvalue weighted by Crippen LogP contribution is -1.99. The van der Waals surface area contributed by atoms with Crippen LogP contribution in [0.3, 0.4) is 0 Å². The number of aromatic hydroxyl groups is 1. The Bertz CT molecular complexity index is 276. The van der Waals surface area contributed by atoms with Gasteiger partial charge in [0.2, 0.25) is 0 Å². The SMILES string of the molecule is NCCCCc1cc(Cl)ccc1O. The molecule has 0 aliphatic carbocycles. The smallest absolute Gasteiger partial charge is 0.118 e. The molecule has 0 aromatic heterocycles. The van der Waals surface area contributed by atoms with Crippen molar-refractivity contribution >= 4 is 11.6 Å². The molecule has 3 heteroatoms. The third-order valence-electron chi connectivity index (χ3n) is 1.94. The maximum atomic E-state index is 9.44. The van der Waals surface area contributed by atoms with Gasteiger partial charge in [0.25, 0.3) is 0 Å². The lowest BCUT2D eigenvalue weighted by atomic mass is 10.1. The van der Waals surface area contributed by atoms with Crippen molar-refractivity contribution in [2.75, 3.05) is 6.54 Å². The minimum absolute atomic E-state index is 0.321. The van der Waals surface area contributed by atoms with E-state index in [4.69, 9.17) is 17.3 Å². The first kappa shape index (κ1) is 10.4. The van der Waals surface area contributed by atoms with E-state index in [1.165, 1.54) is 0 Å². The van der Waals surface area contributed by atoms with Crippen molar-refractivity contribution in [3.63, 3.8) is 0 Å². The minimum Gasteiger partial charge on any atom is -0.508 e. The second kappa shape index (κ2) is 5.10. The number of nitrogens with two attached hydrogens (primary N) is 1. The van der Waals surface area contributed by atoms with Crippen molar-refractivity contribution in [2.45, 2.75) is 19.3 Å². The van der Waals surface area contributed by atoms with Crippen LogP contribution in [0.25, 0.3) is 0 Å². The number of phenolic OH excluding ortho intramolecular Hbond substituents is 1. The summed E-state index contributed by atoms with van der Waals surface area (Å²) < 4.78 is 0. The van der Waals surface area contributed by atoms with Crippen LogP contribution in [0.15, 0.2) is 18.2 Å². The molecule has 0 radical (unpaired) electrons. The van der Waals surface area contributed by atoms with Crippen LogP contribution in [-0.4, -0.2) is 11.7 Å². The Balaban J connectivity index is 2.59. The van der Waals surface area contributed by atoms with Crippen molar-refractivity contribution < 1.29 is 5.11 Å². The highest BCUT2D eigenvalue weighted by molar-refractivity contribution is 6.30. The highest BCUT2D eigenvalue weighted by Gasteiger charge is 2.00. The molecule has 1 aromatic rings. The lowest BCUT2D eigenvalue weighted by Gasteiger charge is -2.03. The van der Waals surface area contributed by atoms with Gasteiger partial charge in [-0.2, -0.15) is 0 Å². The van der Waals surface area contributed by atoms with Gasteiger partial charge >= 0.3 is 0 Å². The zero-order chi connectivity index (χ0) is 9.68. The van der Waals surface area contributed by atoms with E-state index >= 15 is 0 Å². The number of phenols is 1. The van der Waals surface area contributed by atoms with Crippen molar-refractivity contribution in [3.05, 3.63) is 28.8 Å². The maximum absolute atomic E-state index is 9.44. The molecule has 2 nitrogen and oxygen atoms in total. The topological polar surface area (TPSA) is 46.2 Å². The molecular weight excluding hydrogens is 186 g/mol. The number of hydrogen-bond donors (Lipinski definition) is 2. The van der Waals surface area contributed by atoms with E-state index in [1.54, 1.807) is 18.2 Å². The highest BCUT2D eigenvalue weighted by atomic mass is 35.5. The Morgan fingerprint density at radius 1 is 1.31 bits per heavy atom. The van der Waals surface area contributed by atoms with Crippen LogP contribution < -0.4 is 5.73 Å². The molecule has 0 spiro atoms. The Kier molecular flexibility index (Phi) is 4.06. The van der Waals surface area contributed by atoms with Gasteiger partial charge in [-0.1, -0.05) is 11.6 Å². The molecule has 0 aliphatic rings. The Labute approximate surface area is 83.3 Å². The summed E-state index contributed by atoms with van der Waals surface area (Å²) in [6.45, 7) is 0.696. The number of hydrogen-bond acceptors (Lipinski definition) is 2. The first-order valence-corrected chi connectivity index (χ1v) is 4.79. The van der Waals surface area contributed by atoms with E-state index in [2.05, 4.69) is 0 Å². The van der Waals surface area contributed by atoms with Crippen LogP contribution >= 0.6 is 11.6 Å². The predicted molar refractivity (Wildman–Crippen MR) is 55.1 cm³/mol. The fourth-order valence-corrected chi connectivity index (χ4v) is 1.41. The second-order valence-electron chi connectivity index (χ2n) is 3.02. The van der Waals surface area contributed by atoms with Crippen LogP contribution in [0.1, 0.15) is 18.4 Å². The maximum Gasteiger partial charge on any atom is 0.118 e. The molecule has 0 saturated heterocycles. The molecule has 0 unspecified atom stereocenters. The van der Waals surface area contributed by atoms with E-state index in [1.807, 2.05) is 0 Å². The summed E-state index contributed by atoms with van der Waals surface area (Å²) in [6, 6.07) is 5.11. The van der Waals surface area contributed by atoms with Crippen LogP contribution in [0.5, 0.6) is 5.75 Å².